The summed E-state index contributed by atoms with van der Waals surface area (Å²) in [5, 5.41) is 3.65. The molecule has 1 N–H and O–H groups in total. The van der Waals surface area contributed by atoms with Crippen LogP contribution in [0.1, 0.15) is 46.8 Å². The van der Waals surface area contributed by atoms with Gasteiger partial charge in [-0.05, 0) is 41.7 Å². The standard InChI is InChI=1S/C24H26N2O4/c1-14(27)30-20-12-11-15(13-21(20)29-4)22-17-8-5-7-16(17)18-9-6-10-19(23(18)25-22)24(28)26(2)3/h5-7,9-13,16-17,22,25H,8H2,1-4H3. The van der Waals surface area contributed by atoms with Crippen molar-refractivity contribution in [1.82, 2.24) is 4.90 Å². The minimum absolute atomic E-state index is 0.00566. The number of carbonyl (C=O) groups is 2. The molecule has 0 radical (unpaired) electrons. The summed E-state index contributed by atoms with van der Waals surface area (Å²) in [5.74, 6) is 1.05. The summed E-state index contributed by atoms with van der Waals surface area (Å²) in [7, 11) is 5.08. The number of nitrogens with one attached hydrogen (secondary N) is 1. The first kappa shape index (κ1) is 20.0. The summed E-state index contributed by atoms with van der Waals surface area (Å²) in [6.45, 7) is 1.37. The zero-order chi connectivity index (χ0) is 21.4. The van der Waals surface area contributed by atoms with E-state index in [1.807, 2.05) is 24.3 Å². The van der Waals surface area contributed by atoms with E-state index >= 15 is 0 Å². The van der Waals surface area contributed by atoms with Crippen LogP contribution in [-0.2, 0) is 4.79 Å². The van der Waals surface area contributed by atoms with Crippen LogP contribution in [0.5, 0.6) is 11.5 Å². The van der Waals surface area contributed by atoms with Crippen molar-refractivity contribution in [2.45, 2.75) is 25.3 Å². The number of carbonyl (C=O) groups excluding carboxylic acids is 2. The summed E-state index contributed by atoms with van der Waals surface area (Å²) in [4.78, 5) is 25.8. The molecular weight excluding hydrogens is 380 g/mol. The number of para-hydroxylation sites is 1. The number of hydrogen-bond donors (Lipinski definition) is 1. The first-order chi connectivity index (χ1) is 14.4. The smallest absolute Gasteiger partial charge is 0.308 e. The van der Waals surface area contributed by atoms with Crippen molar-refractivity contribution in [2.75, 3.05) is 26.5 Å². The Balaban J connectivity index is 1.77. The average molecular weight is 406 g/mol. The van der Waals surface area contributed by atoms with Crippen molar-refractivity contribution in [1.29, 1.82) is 0 Å². The molecular formula is C24H26N2O4. The molecule has 3 atom stereocenters. The third kappa shape index (κ3) is 3.43. The molecule has 0 saturated carbocycles. The van der Waals surface area contributed by atoms with Gasteiger partial charge in [-0.15, -0.1) is 0 Å². The van der Waals surface area contributed by atoms with E-state index in [4.69, 9.17) is 9.47 Å². The molecule has 0 aromatic heterocycles. The Kier molecular flexibility index (Phi) is 5.24. The summed E-state index contributed by atoms with van der Waals surface area (Å²) in [6.07, 6.45) is 5.40. The topological polar surface area (TPSA) is 67.9 Å². The third-order valence-corrected chi connectivity index (χ3v) is 5.83. The molecule has 0 fully saturated rings. The minimum Gasteiger partial charge on any atom is -0.493 e. The van der Waals surface area contributed by atoms with Crippen LogP contribution < -0.4 is 14.8 Å². The van der Waals surface area contributed by atoms with Crippen molar-refractivity contribution < 1.29 is 19.1 Å². The van der Waals surface area contributed by atoms with Gasteiger partial charge in [0.2, 0.25) is 0 Å². The van der Waals surface area contributed by atoms with Gasteiger partial charge in [0, 0.05) is 26.9 Å². The van der Waals surface area contributed by atoms with Gasteiger partial charge >= 0.3 is 5.97 Å². The number of amides is 1. The predicted octanol–water partition coefficient (Wildman–Crippen LogP) is 4.15. The fraction of sp³-hybridized carbons (Fsp3) is 0.333. The van der Waals surface area contributed by atoms with Crippen LogP contribution in [-0.4, -0.2) is 38.0 Å². The van der Waals surface area contributed by atoms with Crippen molar-refractivity contribution in [3.63, 3.8) is 0 Å². The highest BCUT2D eigenvalue weighted by Gasteiger charge is 2.39. The van der Waals surface area contributed by atoms with Gasteiger partial charge in [0.15, 0.2) is 11.5 Å². The van der Waals surface area contributed by atoms with E-state index in [9.17, 15) is 9.59 Å². The molecule has 156 valence electrons. The molecule has 1 aliphatic heterocycles. The lowest BCUT2D eigenvalue weighted by Crippen LogP contribution is -2.32. The van der Waals surface area contributed by atoms with Crippen LogP contribution >= 0.6 is 0 Å². The molecule has 30 heavy (non-hydrogen) atoms. The van der Waals surface area contributed by atoms with E-state index in [1.54, 1.807) is 32.2 Å². The Hall–Kier alpha value is -3.28. The number of ether oxygens (including phenoxy) is 2. The number of methoxy groups -OCH3 is 1. The number of rotatable bonds is 4. The van der Waals surface area contributed by atoms with Crippen LogP contribution in [0.4, 0.5) is 5.69 Å². The number of benzene rings is 2. The Morgan fingerprint density at radius 2 is 1.93 bits per heavy atom. The van der Waals surface area contributed by atoms with Crippen molar-refractivity contribution in [3.05, 3.63) is 65.2 Å². The van der Waals surface area contributed by atoms with Crippen molar-refractivity contribution >= 4 is 17.6 Å². The number of esters is 1. The number of anilines is 1. The van der Waals surface area contributed by atoms with Crippen LogP contribution in [0.2, 0.25) is 0 Å². The molecule has 2 aromatic carbocycles. The summed E-state index contributed by atoms with van der Waals surface area (Å²) in [5.41, 5.74) is 3.74. The maximum atomic E-state index is 12.8. The monoisotopic (exact) mass is 406 g/mol. The second kappa shape index (κ2) is 7.86. The van der Waals surface area contributed by atoms with Crippen molar-refractivity contribution in [3.8, 4) is 11.5 Å². The second-order valence-corrected chi connectivity index (χ2v) is 7.95. The molecule has 0 saturated heterocycles. The van der Waals surface area contributed by atoms with Gasteiger partial charge in [0.1, 0.15) is 0 Å². The highest BCUT2D eigenvalue weighted by Crippen LogP contribution is 2.51. The molecule has 0 bridgehead atoms. The quantitative estimate of drug-likeness (QED) is 0.469. The third-order valence-electron chi connectivity index (χ3n) is 5.83. The lowest BCUT2D eigenvalue weighted by molar-refractivity contribution is -0.132. The zero-order valence-electron chi connectivity index (χ0n) is 17.6. The van der Waals surface area contributed by atoms with Crippen LogP contribution in [0.3, 0.4) is 0 Å². The molecule has 1 amide bonds. The first-order valence-corrected chi connectivity index (χ1v) is 10.0. The second-order valence-electron chi connectivity index (χ2n) is 7.95. The highest BCUT2D eigenvalue weighted by molar-refractivity contribution is 6.00. The number of hydrogen-bond acceptors (Lipinski definition) is 5. The van der Waals surface area contributed by atoms with E-state index in [2.05, 4.69) is 23.5 Å². The maximum Gasteiger partial charge on any atom is 0.308 e. The van der Waals surface area contributed by atoms with E-state index < -0.39 is 5.97 Å². The predicted molar refractivity (Wildman–Crippen MR) is 115 cm³/mol. The molecule has 4 rings (SSSR count). The van der Waals surface area contributed by atoms with Gasteiger partial charge in [0.25, 0.3) is 5.91 Å². The Labute approximate surface area is 176 Å². The van der Waals surface area contributed by atoms with Gasteiger partial charge in [-0.1, -0.05) is 30.4 Å². The van der Waals surface area contributed by atoms with Crippen LogP contribution in [0.25, 0.3) is 0 Å². The Morgan fingerprint density at radius 3 is 2.63 bits per heavy atom. The van der Waals surface area contributed by atoms with E-state index in [0.717, 1.165) is 23.2 Å². The van der Waals surface area contributed by atoms with Crippen LogP contribution in [0.15, 0.2) is 48.6 Å². The summed E-state index contributed by atoms with van der Waals surface area (Å²) >= 11 is 0. The van der Waals surface area contributed by atoms with Gasteiger partial charge in [-0.2, -0.15) is 0 Å². The average Bonchev–Trinajstić information content (AvgIpc) is 3.22. The van der Waals surface area contributed by atoms with Gasteiger partial charge in [-0.25, -0.2) is 0 Å². The lowest BCUT2D eigenvalue weighted by atomic mass is 9.76. The van der Waals surface area contributed by atoms with E-state index in [1.165, 1.54) is 6.92 Å². The first-order valence-electron chi connectivity index (χ1n) is 10.0. The van der Waals surface area contributed by atoms with Crippen molar-refractivity contribution in [2.24, 2.45) is 5.92 Å². The van der Waals surface area contributed by atoms with Gasteiger partial charge in [0.05, 0.1) is 24.4 Å². The molecule has 6 nitrogen and oxygen atoms in total. The SMILES string of the molecule is COc1cc(C2Nc3c(C(=O)N(C)C)cccc3C3C=CCC32)ccc1OC(C)=O. The maximum absolute atomic E-state index is 12.8. The van der Waals surface area contributed by atoms with E-state index in [-0.39, 0.29) is 17.9 Å². The number of fused-ring (bicyclic) bond motifs is 3. The molecule has 6 heteroatoms. The summed E-state index contributed by atoms with van der Waals surface area (Å²) in [6, 6.07) is 11.5. The van der Waals surface area contributed by atoms with E-state index in [0.29, 0.717) is 23.0 Å². The molecule has 1 aliphatic carbocycles. The Bertz CT molecular complexity index is 1030. The molecule has 0 spiro atoms. The molecule has 2 aromatic rings. The normalized spacial score (nSPS) is 21.3. The number of nitrogens with zero attached hydrogens (tertiary/aromatic N) is 1. The fourth-order valence-corrected chi connectivity index (χ4v) is 4.49. The Morgan fingerprint density at radius 1 is 1.13 bits per heavy atom. The molecule has 1 heterocycles. The van der Waals surface area contributed by atoms with Gasteiger partial charge in [-0.3, -0.25) is 9.59 Å². The molecule has 3 unspecified atom stereocenters. The lowest BCUT2D eigenvalue weighted by Gasteiger charge is -2.38. The fourth-order valence-electron chi connectivity index (χ4n) is 4.49. The summed E-state index contributed by atoms with van der Waals surface area (Å²) < 4.78 is 10.7. The number of allylic oxidation sites excluding steroid dienone is 2. The van der Waals surface area contributed by atoms with Crippen LogP contribution in [0, 0.1) is 5.92 Å². The highest BCUT2D eigenvalue weighted by atomic mass is 16.6. The minimum atomic E-state index is -0.391. The zero-order valence-corrected chi connectivity index (χ0v) is 17.6. The van der Waals surface area contributed by atoms with Gasteiger partial charge < -0.3 is 19.7 Å². The molecule has 2 aliphatic rings. The largest absolute Gasteiger partial charge is 0.493 e.